The highest BCUT2D eigenvalue weighted by molar-refractivity contribution is 5.96. The Bertz CT molecular complexity index is 957. The maximum Gasteiger partial charge on any atom is 0.204 e. The molecule has 0 unspecified atom stereocenters. The predicted octanol–water partition coefficient (Wildman–Crippen LogP) is 3.22. The van der Waals surface area contributed by atoms with E-state index in [2.05, 4.69) is 4.90 Å². The normalized spacial score (nSPS) is 14.4. The largest absolute Gasteiger partial charge is 0.507 e. The molecule has 132 valence electrons. The Kier molecular flexibility index (Phi) is 4.81. The van der Waals surface area contributed by atoms with Crippen molar-refractivity contribution in [3.63, 3.8) is 0 Å². The Morgan fingerprint density at radius 1 is 1.04 bits per heavy atom. The second kappa shape index (κ2) is 7.03. The summed E-state index contributed by atoms with van der Waals surface area (Å²) in [5, 5.41) is 20.6. The summed E-state index contributed by atoms with van der Waals surface area (Å²) >= 11 is 0. The molecule has 1 aliphatic heterocycles. The summed E-state index contributed by atoms with van der Waals surface area (Å²) < 4.78 is 11.0. The van der Waals surface area contributed by atoms with Crippen LogP contribution < -0.4 is 10.3 Å². The zero-order chi connectivity index (χ0) is 18.0. The number of phenols is 2. The van der Waals surface area contributed by atoms with E-state index in [0.717, 1.165) is 5.69 Å². The van der Waals surface area contributed by atoms with Gasteiger partial charge in [0.25, 0.3) is 0 Å². The van der Waals surface area contributed by atoms with Crippen LogP contribution in [-0.2, 0) is 4.74 Å². The number of nitrogens with zero attached hydrogens (tertiary/aromatic N) is 1. The third-order valence-corrected chi connectivity index (χ3v) is 4.12. The van der Waals surface area contributed by atoms with Crippen LogP contribution >= 0.6 is 0 Å². The summed E-state index contributed by atoms with van der Waals surface area (Å²) in [5.41, 5.74) is 0.786. The van der Waals surface area contributed by atoms with E-state index in [1.54, 1.807) is 24.3 Å². The molecule has 2 N–H and O–H groups in total. The number of aromatic hydroxyl groups is 2. The Hall–Kier alpha value is -2.73. The van der Waals surface area contributed by atoms with Crippen LogP contribution in [0.4, 0.5) is 5.69 Å². The number of para-hydroxylation sites is 1. The van der Waals surface area contributed by atoms with Gasteiger partial charge in [-0.3, -0.25) is 4.79 Å². The molecule has 2 aromatic carbocycles. The number of hydrogen-bond donors (Lipinski definition) is 2. The zero-order valence-electron chi connectivity index (χ0n) is 14.3. The van der Waals surface area contributed by atoms with Gasteiger partial charge in [-0.05, 0) is 12.1 Å². The first-order valence-corrected chi connectivity index (χ1v) is 8.39. The first kappa shape index (κ1) is 17.1. The third-order valence-electron chi connectivity index (χ3n) is 4.12. The highest BCUT2D eigenvalue weighted by atomic mass is 16.5. The van der Waals surface area contributed by atoms with Gasteiger partial charge in [-0.2, -0.15) is 0 Å². The minimum absolute atomic E-state index is 0.0993. The molecule has 3 aromatic rings. The summed E-state index contributed by atoms with van der Waals surface area (Å²) in [6, 6.07) is 7.88. The SMILES string of the molecule is CC.O=c1c2cccc(O)c2oc2cc(N3CCOCC3)cc(O)c12. The molecule has 6 nitrogen and oxygen atoms in total. The number of ether oxygens (including phenoxy) is 1. The van der Waals surface area contributed by atoms with Crippen LogP contribution in [0.25, 0.3) is 21.9 Å². The minimum Gasteiger partial charge on any atom is -0.507 e. The van der Waals surface area contributed by atoms with Crippen LogP contribution in [0.15, 0.2) is 39.5 Å². The molecule has 4 rings (SSSR count). The van der Waals surface area contributed by atoms with Crippen molar-refractivity contribution in [1.82, 2.24) is 0 Å². The van der Waals surface area contributed by atoms with Crippen LogP contribution in [0.1, 0.15) is 13.8 Å². The second-order valence-electron chi connectivity index (χ2n) is 5.52. The zero-order valence-corrected chi connectivity index (χ0v) is 14.3. The molecule has 1 aliphatic rings. The van der Waals surface area contributed by atoms with Crippen molar-refractivity contribution in [2.75, 3.05) is 31.2 Å². The van der Waals surface area contributed by atoms with Crippen LogP contribution in [-0.4, -0.2) is 36.5 Å². The van der Waals surface area contributed by atoms with Gasteiger partial charge in [-0.25, -0.2) is 0 Å². The van der Waals surface area contributed by atoms with E-state index in [1.165, 1.54) is 6.07 Å². The van der Waals surface area contributed by atoms with Crippen molar-refractivity contribution >= 4 is 27.6 Å². The van der Waals surface area contributed by atoms with Crippen molar-refractivity contribution in [3.8, 4) is 11.5 Å². The number of phenolic OH excluding ortho intramolecular Hbond substituents is 2. The number of rotatable bonds is 1. The molecule has 0 aliphatic carbocycles. The van der Waals surface area contributed by atoms with Crippen molar-refractivity contribution in [1.29, 1.82) is 0 Å². The molecule has 25 heavy (non-hydrogen) atoms. The summed E-state index contributed by atoms with van der Waals surface area (Å²) in [4.78, 5) is 14.6. The number of benzene rings is 2. The minimum atomic E-state index is -0.358. The van der Waals surface area contributed by atoms with Crippen LogP contribution in [0.3, 0.4) is 0 Å². The molecule has 0 spiro atoms. The first-order chi connectivity index (χ1) is 12.1. The Balaban J connectivity index is 0.000000880. The molecule has 0 amide bonds. The Labute approximate surface area is 144 Å². The smallest absolute Gasteiger partial charge is 0.204 e. The van der Waals surface area contributed by atoms with Gasteiger partial charge >= 0.3 is 0 Å². The fourth-order valence-electron chi connectivity index (χ4n) is 2.95. The lowest BCUT2D eigenvalue weighted by Crippen LogP contribution is -2.36. The molecule has 1 aromatic heterocycles. The van der Waals surface area contributed by atoms with E-state index in [0.29, 0.717) is 26.3 Å². The van der Waals surface area contributed by atoms with E-state index < -0.39 is 0 Å². The quantitative estimate of drug-likeness (QED) is 0.660. The second-order valence-corrected chi connectivity index (χ2v) is 5.52. The fraction of sp³-hybridized carbons (Fsp3) is 0.316. The van der Waals surface area contributed by atoms with Gasteiger partial charge in [-0.15, -0.1) is 0 Å². The van der Waals surface area contributed by atoms with Crippen molar-refractivity contribution < 1.29 is 19.4 Å². The lowest BCUT2D eigenvalue weighted by molar-refractivity contribution is 0.122. The molecular formula is C19H21NO5. The van der Waals surface area contributed by atoms with Crippen LogP contribution in [0, 0.1) is 0 Å². The maximum absolute atomic E-state index is 12.6. The maximum atomic E-state index is 12.6. The molecule has 0 atom stereocenters. The van der Waals surface area contributed by atoms with Crippen molar-refractivity contribution in [3.05, 3.63) is 40.6 Å². The molecule has 2 heterocycles. The molecule has 0 saturated carbocycles. The predicted molar refractivity (Wildman–Crippen MR) is 97.7 cm³/mol. The molecule has 1 fully saturated rings. The van der Waals surface area contributed by atoms with Gasteiger partial charge in [0, 0.05) is 30.9 Å². The van der Waals surface area contributed by atoms with E-state index in [9.17, 15) is 15.0 Å². The molecule has 1 saturated heterocycles. The lowest BCUT2D eigenvalue weighted by atomic mass is 10.1. The number of anilines is 1. The monoisotopic (exact) mass is 343 g/mol. The van der Waals surface area contributed by atoms with Gasteiger partial charge in [0.05, 0.1) is 18.6 Å². The number of hydrogen-bond acceptors (Lipinski definition) is 6. The summed E-state index contributed by atoms with van der Waals surface area (Å²) in [7, 11) is 0. The van der Waals surface area contributed by atoms with Gasteiger partial charge in [0.1, 0.15) is 16.7 Å². The van der Waals surface area contributed by atoms with Gasteiger partial charge in [0.2, 0.25) is 5.43 Å². The van der Waals surface area contributed by atoms with E-state index >= 15 is 0 Å². The van der Waals surface area contributed by atoms with Crippen LogP contribution in [0.2, 0.25) is 0 Å². The highest BCUT2D eigenvalue weighted by Gasteiger charge is 2.18. The standard InChI is InChI=1S/C17H15NO5.C2H6/c19-12-3-1-2-11-16(21)15-13(20)8-10(9-14(15)23-17(11)12)18-4-6-22-7-5-18;1-2/h1-3,8-9,19-20H,4-7H2;1-2H3. The lowest BCUT2D eigenvalue weighted by Gasteiger charge is -2.29. The highest BCUT2D eigenvalue weighted by Crippen LogP contribution is 2.33. The average molecular weight is 343 g/mol. The topological polar surface area (TPSA) is 83.1 Å². The molecule has 6 heteroatoms. The summed E-state index contributed by atoms with van der Waals surface area (Å²) in [6.45, 7) is 6.63. The van der Waals surface area contributed by atoms with Crippen LogP contribution in [0.5, 0.6) is 11.5 Å². The number of morpholine rings is 1. The first-order valence-electron chi connectivity index (χ1n) is 8.39. The van der Waals surface area contributed by atoms with E-state index in [4.69, 9.17) is 9.15 Å². The van der Waals surface area contributed by atoms with E-state index in [-0.39, 0.29) is 38.9 Å². The summed E-state index contributed by atoms with van der Waals surface area (Å²) in [6.07, 6.45) is 0. The Morgan fingerprint density at radius 3 is 2.48 bits per heavy atom. The Morgan fingerprint density at radius 2 is 1.76 bits per heavy atom. The molecular weight excluding hydrogens is 322 g/mol. The van der Waals surface area contributed by atoms with Gasteiger partial charge in [0.15, 0.2) is 11.3 Å². The van der Waals surface area contributed by atoms with Crippen molar-refractivity contribution in [2.45, 2.75) is 13.8 Å². The van der Waals surface area contributed by atoms with Crippen molar-refractivity contribution in [2.24, 2.45) is 0 Å². The van der Waals surface area contributed by atoms with Gasteiger partial charge in [-0.1, -0.05) is 19.9 Å². The average Bonchev–Trinajstić information content (AvgIpc) is 2.65. The third kappa shape index (κ3) is 3.00. The number of fused-ring (bicyclic) bond motifs is 2. The van der Waals surface area contributed by atoms with Gasteiger partial charge < -0.3 is 24.3 Å². The summed E-state index contributed by atoms with van der Waals surface area (Å²) in [5.74, 6) is -0.222. The van der Waals surface area contributed by atoms with E-state index in [1.807, 2.05) is 13.8 Å². The fourth-order valence-corrected chi connectivity index (χ4v) is 2.95. The molecule has 0 bridgehead atoms. The molecule has 0 radical (unpaired) electrons.